The van der Waals surface area contributed by atoms with Crippen LogP contribution in [-0.2, 0) is 4.79 Å². The van der Waals surface area contributed by atoms with E-state index in [0.717, 1.165) is 19.0 Å². The maximum Gasteiger partial charge on any atom is 0.131 e. The summed E-state index contributed by atoms with van der Waals surface area (Å²) in [6, 6.07) is 0. The number of Topliss-reactive ketones (excluding diaryl/α,β-unsaturated/α-hetero) is 1. The first-order valence-corrected chi connectivity index (χ1v) is 5.90. The van der Waals surface area contributed by atoms with E-state index in [9.17, 15) is 4.79 Å². The number of hydrogen-bond acceptors (Lipinski definition) is 2. The first-order valence-electron chi connectivity index (χ1n) is 5.90. The Morgan fingerprint density at radius 3 is 2.57 bits per heavy atom. The summed E-state index contributed by atoms with van der Waals surface area (Å²) < 4.78 is 0. The molecule has 14 heavy (non-hydrogen) atoms. The minimum Gasteiger partial charge on any atom is -0.316 e. The highest BCUT2D eigenvalue weighted by Crippen LogP contribution is 2.10. The van der Waals surface area contributed by atoms with Crippen molar-refractivity contribution in [1.29, 1.82) is 0 Å². The van der Waals surface area contributed by atoms with Crippen molar-refractivity contribution in [3.05, 3.63) is 0 Å². The number of unbranched alkanes of at least 4 members (excludes halogenated alkanes) is 1. The van der Waals surface area contributed by atoms with Gasteiger partial charge in [-0.25, -0.2) is 0 Å². The van der Waals surface area contributed by atoms with Gasteiger partial charge in [0, 0.05) is 13.0 Å². The van der Waals surface area contributed by atoms with Crippen LogP contribution in [0.2, 0.25) is 0 Å². The van der Waals surface area contributed by atoms with E-state index >= 15 is 0 Å². The Bertz CT molecular complexity index is 145. The van der Waals surface area contributed by atoms with Crippen LogP contribution >= 0.6 is 0 Å². The lowest BCUT2D eigenvalue weighted by Crippen LogP contribution is -2.24. The third-order valence-electron chi connectivity index (χ3n) is 2.63. The zero-order valence-electron chi connectivity index (χ0n) is 9.94. The highest BCUT2D eigenvalue weighted by Gasteiger charge is 2.04. The molecule has 1 unspecified atom stereocenters. The standard InChI is InChI=1S/C12H25NO/c1-4-6-7-12(5-2)10-13-9-8-11(3)14/h12-13H,4-10H2,1-3H3. The molecule has 1 N–H and O–H groups in total. The number of carbonyl (C=O) groups is 1. The minimum atomic E-state index is 0.277. The second-order valence-electron chi connectivity index (χ2n) is 4.07. The van der Waals surface area contributed by atoms with Crippen LogP contribution in [0, 0.1) is 5.92 Å². The van der Waals surface area contributed by atoms with E-state index in [2.05, 4.69) is 19.2 Å². The fourth-order valence-electron chi connectivity index (χ4n) is 1.51. The molecule has 0 spiro atoms. The fourth-order valence-corrected chi connectivity index (χ4v) is 1.51. The van der Waals surface area contributed by atoms with Gasteiger partial charge in [-0.1, -0.05) is 33.1 Å². The quantitative estimate of drug-likeness (QED) is 0.579. The van der Waals surface area contributed by atoms with Crippen LogP contribution in [0.25, 0.3) is 0 Å². The third-order valence-corrected chi connectivity index (χ3v) is 2.63. The molecule has 0 aromatic carbocycles. The lowest BCUT2D eigenvalue weighted by molar-refractivity contribution is -0.116. The van der Waals surface area contributed by atoms with Crippen molar-refractivity contribution in [2.24, 2.45) is 5.92 Å². The zero-order valence-corrected chi connectivity index (χ0v) is 9.94. The van der Waals surface area contributed by atoms with E-state index in [4.69, 9.17) is 0 Å². The van der Waals surface area contributed by atoms with E-state index in [-0.39, 0.29) is 5.78 Å². The van der Waals surface area contributed by atoms with Crippen LogP contribution in [0.5, 0.6) is 0 Å². The number of ketones is 1. The van der Waals surface area contributed by atoms with Crippen LogP contribution in [0.3, 0.4) is 0 Å². The van der Waals surface area contributed by atoms with Gasteiger partial charge in [0.25, 0.3) is 0 Å². The number of hydrogen-bond donors (Lipinski definition) is 1. The second-order valence-corrected chi connectivity index (χ2v) is 4.07. The van der Waals surface area contributed by atoms with Crippen LogP contribution in [0.15, 0.2) is 0 Å². The summed E-state index contributed by atoms with van der Waals surface area (Å²) in [5.41, 5.74) is 0. The molecule has 0 amide bonds. The molecule has 0 radical (unpaired) electrons. The Labute approximate surface area is 88.5 Å². The van der Waals surface area contributed by atoms with E-state index in [1.807, 2.05) is 0 Å². The van der Waals surface area contributed by atoms with Crippen molar-refractivity contribution in [2.75, 3.05) is 13.1 Å². The number of rotatable bonds is 9. The average molecular weight is 199 g/mol. The Hall–Kier alpha value is -0.370. The lowest BCUT2D eigenvalue weighted by Gasteiger charge is -2.14. The fraction of sp³-hybridized carbons (Fsp3) is 0.917. The summed E-state index contributed by atoms with van der Waals surface area (Å²) in [7, 11) is 0. The molecule has 1 atom stereocenters. The van der Waals surface area contributed by atoms with E-state index < -0.39 is 0 Å². The van der Waals surface area contributed by atoms with Gasteiger partial charge in [-0.2, -0.15) is 0 Å². The molecule has 0 aromatic heterocycles. The normalized spacial score (nSPS) is 12.8. The molecule has 2 heteroatoms. The molecule has 0 aromatic rings. The zero-order chi connectivity index (χ0) is 10.8. The SMILES string of the molecule is CCCCC(CC)CNCCC(C)=O. The minimum absolute atomic E-state index is 0.277. The Kier molecular flexibility index (Phi) is 8.95. The van der Waals surface area contributed by atoms with Crippen LogP contribution in [0.1, 0.15) is 52.9 Å². The summed E-state index contributed by atoms with van der Waals surface area (Å²) in [4.78, 5) is 10.7. The predicted octanol–water partition coefficient (Wildman–Crippen LogP) is 2.77. The van der Waals surface area contributed by atoms with Gasteiger partial charge < -0.3 is 5.32 Å². The molecule has 0 heterocycles. The monoisotopic (exact) mass is 199 g/mol. The van der Waals surface area contributed by atoms with Gasteiger partial charge in [-0.15, -0.1) is 0 Å². The summed E-state index contributed by atoms with van der Waals surface area (Å²) in [5.74, 6) is 1.07. The first kappa shape index (κ1) is 13.6. The van der Waals surface area contributed by atoms with Crippen LogP contribution < -0.4 is 5.32 Å². The maximum absolute atomic E-state index is 10.7. The number of nitrogens with one attached hydrogen (secondary N) is 1. The average Bonchev–Trinajstić information content (AvgIpc) is 2.16. The molecule has 0 rings (SSSR count). The van der Waals surface area contributed by atoms with Crippen molar-refractivity contribution in [3.8, 4) is 0 Å². The first-order chi connectivity index (χ1) is 6.70. The van der Waals surface area contributed by atoms with Crippen molar-refractivity contribution in [2.45, 2.75) is 52.9 Å². The van der Waals surface area contributed by atoms with Crippen molar-refractivity contribution in [3.63, 3.8) is 0 Å². The molecule has 0 aliphatic heterocycles. The predicted molar refractivity (Wildman–Crippen MR) is 61.5 cm³/mol. The van der Waals surface area contributed by atoms with E-state index in [1.54, 1.807) is 6.92 Å². The Balaban J connectivity index is 3.37. The molecule has 0 saturated heterocycles. The molecule has 0 aliphatic rings. The second kappa shape index (κ2) is 9.20. The molecule has 84 valence electrons. The lowest BCUT2D eigenvalue weighted by atomic mass is 9.99. The molecule has 0 saturated carbocycles. The topological polar surface area (TPSA) is 29.1 Å². The summed E-state index contributed by atoms with van der Waals surface area (Å²) in [6.07, 6.45) is 5.84. The highest BCUT2D eigenvalue weighted by atomic mass is 16.1. The third kappa shape index (κ3) is 8.24. The van der Waals surface area contributed by atoms with Crippen molar-refractivity contribution >= 4 is 5.78 Å². The van der Waals surface area contributed by atoms with Gasteiger partial charge >= 0.3 is 0 Å². The molecule has 0 bridgehead atoms. The van der Waals surface area contributed by atoms with Gasteiger partial charge in [0.15, 0.2) is 0 Å². The van der Waals surface area contributed by atoms with E-state index in [1.165, 1.54) is 25.7 Å². The Morgan fingerprint density at radius 2 is 2.07 bits per heavy atom. The molecule has 0 fully saturated rings. The van der Waals surface area contributed by atoms with Gasteiger partial charge in [-0.3, -0.25) is 4.79 Å². The maximum atomic E-state index is 10.7. The van der Waals surface area contributed by atoms with Gasteiger partial charge in [0.05, 0.1) is 0 Å². The molecular formula is C12H25NO. The number of carbonyl (C=O) groups excluding carboxylic acids is 1. The van der Waals surface area contributed by atoms with Crippen LogP contribution in [0.4, 0.5) is 0 Å². The van der Waals surface area contributed by atoms with Gasteiger partial charge in [0.2, 0.25) is 0 Å². The highest BCUT2D eigenvalue weighted by molar-refractivity contribution is 5.75. The van der Waals surface area contributed by atoms with Crippen molar-refractivity contribution < 1.29 is 4.79 Å². The largest absolute Gasteiger partial charge is 0.316 e. The molecule has 2 nitrogen and oxygen atoms in total. The van der Waals surface area contributed by atoms with Gasteiger partial charge in [0.1, 0.15) is 5.78 Å². The van der Waals surface area contributed by atoms with Crippen LogP contribution in [-0.4, -0.2) is 18.9 Å². The van der Waals surface area contributed by atoms with Gasteiger partial charge in [-0.05, 0) is 25.8 Å². The Morgan fingerprint density at radius 1 is 1.36 bits per heavy atom. The summed E-state index contributed by atoms with van der Waals surface area (Å²) >= 11 is 0. The molecule has 0 aliphatic carbocycles. The summed E-state index contributed by atoms with van der Waals surface area (Å²) in [6.45, 7) is 8.04. The smallest absolute Gasteiger partial charge is 0.131 e. The molecular weight excluding hydrogens is 174 g/mol. The summed E-state index contributed by atoms with van der Waals surface area (Å²) in [5, 5.41) is 3.36. The van der Waals surface area contributed by atoms with Crippen molar-refractivity contribution in [1.82, 2.24) is 5.32 Å². The van der Waals surface area contributed by atoms with E-state index in [0.29, 0.717) is 6.42 Å².